The minimum absolute atomic E-state index is 0.0641. The highest BCUT2D eigenvalue weighted by Gasteiger charge is 2.18. The topological polar surface area (TPSA) is 32.3 Å². The van der Waals surface area contributed by atoms with Crippen LogP contribution in [0.4, 0.5) is 10.1 Å². The van der Waals surface area contributed by atoms with Gasteiger partial charge in [-0.05, 0) is 43.8 Å². The molecule has 0 aliphatic rings. The van der Waals surface area contributed by atoms with E-state index in [1.54, 1.807) is 12.1 Å². The van der Waals surface area contributed by atoms with Crippen LogP contribution >= 0.6 is 0 Å². The normalized spacial score (nSPS) is 12.2. The van der Waals surface area contributed by atoms with Gasteiger partial charge in [-0.1, -0.05) is 30.3 Å². The number of nitrogens with one attached hydrogen (secondary N) is 1. The third kappa shape index (κ3) is 4.39. The van der Waals surface area contributed by atoms with Crippen LogP contribution in [-0.4, -0.2) is 23.9 Å². The van der Waals surface area contributed by atoms with E-state index in [9.17, 15) is 9.18 Å². The Bertz CT molecular complexity index is 583. The van der Waals surface area contributed by atoms with Crippen LogP contribution in [0.15, 0.2) is 54.6 Å². The number of amides is 1. The molecule has 110 valence electrons. The summed E-state index contributed by atoms with van der Waals surface area (Å²) in [5.74, 6) is -0.318. The molecule has 2 aromatic rings. The number of carbonyl (C=O) groups is 1. The van der Waals surface area contributed by atoms with Crippen molar-refractivity contribution in [2.24, 2.45) is 0 Å². The van der Waals surface area contributed by atoms with Gasteiger partial charge in [0.05, 0.1) is 6.04 Å². The number of anilines is 1. The quantitative estimate of drug-likeness (QED) is 0.914. The molecule has 0 radical (unpaired) electrons. The molecule has 1 N–H and O–H groups in total. The van der Waals surface area contributed by atoms with Crippen molar-refractivity contribution in [2.75, 3.05) is 12.4 Å². The minimum atomic E-state index is -0.282. The van der Waals surface area contributed by atoms with Crippen molar-refractivity contribution < 1.29 is 9.18 Å². The lowest BCUT2D eigenvalue weighted by atomic mass is 10.2. The number of rotatable bonds is 5. The summed E-state index contributed by atoms with van der Waals surface area (Å²) in [7, 11) is 1.87. The van der Waals surface area contributed by atoms with Crippen molar-refractivity contribution in [3.05, 3.63) is 66.0 Å². The second kappa shape index (κ2) is 6.99. The van der Waals surface area contributed by atoms with E-state index in [1.165, 1.54) is 12.1 Å². The van der Waals surface area contributed by atoms with Crippen LogP contribution in [0, 0.1) is 5.82 Å². The van der Waals surface area contributed by atoms with Crippen LogP contribution in [0.5, 0.6) is 0 Å². The summed E-state index contributed by atoms with van der Waals surface area (Å²) in [4.78, 5) is 14.1. The molecule has 0 aliphatic carbocycles. The average Bonchev–Trinajstić information content (AvgIpc) is 2.49. The van der Waals surface area contributed by atoms with E-state index < -0.39 is 0 Å². The van der Waals surface area contributed by atoms with Crippen LogP contribution in [0.25, 0.3) is 0 Å². The molecule has 21 heavy (non-hydrogen) atoms. The first-order valence-corrected chi connectivity index (χ1v) is 6.87. The number of likely N-dealkylation sites (N-methyl/N-ethyl adjacent to an activating group) is 1. The summed E-state index contributed by atoms with van der Waals surface area (Å²) < 4.78 is 12.9. The zero-order chi connectivity index (χ0) is 15.2. The van der Waals surface area contributed by atoms with Gasteiger partial charge in [0, 0.05) is 12.2 Å². The molecule has 0 saturated carbocycles. The Balaban J connectivity index is 1.93. The predicted octanol–water partition coefficient (Wildman–Crippen LogP) is 3.28. The van der Waals surface area contributed by atoms with E-state index in [2.05, 4.69) is 5.32 Å². The van der Waals surface area contributed by atoms with Crippen molar-refractivity contribution in [2.45, 2.75) is 19.5 Å². The van der Waals surface area contributed by atoms with Gasteiger partial charge in [0.25, 0.3) is 0 Å². The zero-order valence-corrected chi connectivity index (χ0v) is 12.2. The molecule has 4 heteroatoms. The van der Waals surface area contributed by atoms with Crippen LogP contribution < -0.4 is 5.32 Å². The second-order valence-corrected chi connectivity index (χ2v) is 5.07. The van der Waals surface area contributed by atoms with Crippen LogP contribution in [0.1, 0.15) is 12.5 Å². The van der Waals surface area contributed by atoms with Crippen LogP contribution in [0.2, 0.25) is 0 Å². The van der Waals surface area contributed by atoms with Gasteiger partial charge in [-0.25, -0.2) is 4.39 Å². The van der Waals surface area contributed by atoms with Crippen molar-refractivity contribution in [3.8, 4) is 0 Å². The SMILES string of the molecule is C[C@H](C(=O)Nc1ccccc1)N(C)Cc1ccc(F)cc1. The lowest BCUT2D eigenvalue weighted by Gasteiger charge is -2.24. The Labute approximate surface area is 124 Å². The third-order valence-electron chi connectivity index (χ3n) is 3.43. The standard InChI is InChI=1S/C17H19FN2O/c1-13(17(21)19-16-6-4-3-5-7-16)20(2)12-14-8-10-15(18)11-9-14/h3-11,13H,12H2,1-2H3,(H,19,21)/t13-/m1/s1. The maximum absolute atomic E-state index is 12.9. The first-order valence-electron chi connectivity index (χ1n) is 6.87. The van der Waals surface area contributed by atoms with E-state index in [1.807, 2.05) is 49.2 Å². The Morgan fingerprint density at radius 3 is 2.38 bits per heavy atom. The predicted molar refractivity (Wildman–Crippen MR) is 82.4 cm³/mol. The van der Waals surface area contributed by atoms with Gasteiger partial charge in [-0.3, -0.25) is 9.69 Å². The highest BCUT2D eigenvalue weighted by atomic mass is 19.1. The van der Waals surface area contributed by atoms with Gasteiger partial charge in [-0.2, -0.15) is 0 Å². The molecule has 0 bridgehead atoms. The molecule has 0 saturated heterocycles. The fourth-order valence-corrected chi connectivity index (χ4v) is 1.98. The molecular formula is C17H19FN2O. The van der Waals surface area contributed by atoms with E-state index in [-0.39, 0.29) is 17.8 Å². The molecule has 0 fully saturated rings. The molecule has 0 heterocycles. The number of hydrogen-bond acceptors (Lipinski definition) is 2. The van der Waals surface area contributed by atoms with Crippen LogP contribution in [0.3, 0.4) is 0 Å². The maximum atomic E-state index is 12.9. The highest BCUT2D eigenvalue weighted by Crippen LogP contribution is 2.10. The van der Waals surface area contributed by atoms with E-state index in [0.717, 1.165) is 11.3 Å². The number of benzene rings is 2. The molecule has 0 unspecified atom stereocenters. The van der Waals surface area contributed by atoms with Gasteiger partial charge in [0.2, 0.25) is 5.91 Å². The Kier molecular flexibility index (Phi) is 5.06. The largest absolute Gasteiger partial charge is 0.325 e. The molecular weight excluding hydrogens is 267 g/mol. The van der Waals surface area contributed by atoms with E-state index in [0.29, 0.717) is 6.54 Å². The monoisotopic (exact) mass is 286 g/mol. The third-order valence-corrected chi connectivity index (χ3v) is 3.43. The Hall–Kier alpha value is -2.20. The fraction of sp³-hybridized carbons (Fsp3) is 0.235. The number of halogens is 1. The first kappa shape index (κ1) is 15.2. The number of carbonyl (C=O) groups excluding carboxylic acids is 1. The van der Waals surface area contributed by atoms with E-state index >= 15 is 0 Å². The molecule has 0 aliphatic heterocycles. The molecule has 0 spiro atoms. The Morgan fingerprint density at radius 1 is 1.14 bits per heavy atom. The lowest BCUT2D eigenvalue weighted by molar-refractivity contribution is -0.120. The highest BCUT2D eigenvalue weighted by molar-refractivity contribution is 5.94. The number of hydrogen-bond donors (Lipinski definition) is 1. The fourth-order valence-electron chi connectivity index (χ4n) is 1.98. The number of para-hydroxylation sites is 1. The molecule has 1 atom stereocenters. The van der Waals surface area contributed by atoms with Crippen molar-refractivity contribution in [1.29, 1.82) is 0 Å². The van der Waals surface area contributed by atoms with Gasteiger partial charge >= 0.3 is 0 Å². The summed E-state index contributed by atoms with van der Waals surface area (Å²) in [6.07, 6.45) is 0. The summed E-state index contributed by atoms with van der Waals surface area (Å²) >= 11 is 0. The minimum Gasteiger partial charge on any atom is -0.325 e. The summed E-state index contributed by atoms with van der Waals surface area (Å²) in [5.41, 5.74) is 1.75. The molecule has 2 rings (SSSR count). The lowest BCUT2D eigenvalue weighted by Crippen LogP contribution is -2.39. The molecule has 2 aromatic carbocycles. The van der Waals surface area contributed by atoms with Gasteiger partial charge in [-0.15, -0.1) is 0 Å². The van der Waals surface area contributed by atoms with Crippen molar-refractivity contribution in [3.63, 3.8) is 0 Å². The van der Waals surface area contributed by atoms with Crippen LogP contribution in [-0.2, 0) is 11.3 Å². The molecule has 3 nitrogen and oxygen atoms in total. The van der Waals surface area contributed by atoms with Crippen molar-refractivity contribution >= 4 is 11.6 Å². The first-order chi connectivity index (χ1) is 10.1. The summed E-state index contributed by atoms with van der Waals surface area (Å²) in [6, 6.07) is 15.4. The smallest absolute Gasteiger partial charge is 0.241 e. The second-order valence-electron chi connectivity index (χ2n) is 5.07. The Morgan fingerprint density at radius 2 is 1.76 bits per heavy atom. The summed E-state index contributed by atoms with van der Waals surface area (Å²) in [6.45, 7) is 2.44. The van der Waals surface area contributed by atoms with Crippen molar-refractivity contribution in [1.82, 2.24) is 4.90 Å². The molecule has 1 amide bonds. The van der Waals surface area contributed by atoms with E-state index in [4.69, 9.17) is 0 Å². The number of nitrogens with zero attached hydrogens (tertiary/aromatic N) is 1. The zero-order valence-electron chi connectivity index (χ0n) is 12.2. The van der Waals surface area contributed by atoms with Gasteiger partial charge in [0.1, 0.15) is 5.82 Å². The maximum Gasteiger partial charge on any atom is 0.241 e. The average molecular weight is 286 g/mol. The van der Waals surface area contributed by atoms with Gasteiger partial charge < -0.3 is 5.32 Å². The van der Waals surface area contributed by atoms with Gasteiger partial charge in [0.15, 0.2) is 0 Å². The summed E-state index contributed by atoms with van der Waals surface area (Å²) in [5, 5.41) is 2.88. The molecule has 0 aromatic heterocycles.